The standard InChI is InChI=1S/C22H23N5O4/c1-26-18(13-17(25-26)16-12-15(29-2)7-8-20(16)30-3)22(28)23-14-19(21-6-4-11-31-21)27-10-5-9-24-27/h4-13,19H,14H2,1-3H3,(H,23,28)/t19-/m0/s1. The van der Waals surface area contributed by atoms with Crippen molar-refractivity contribution in [3.05, 3.63) is 72.6 Å². The smallest absolute Gasteiger partial charge is 0.269 e. The molecule has 0 fully saturated rings. The Kier molecular flexibility index (Phi) is 5.74. The number of ether oxygens (including phenoxy) is 2. The van der Waals surface area contributed by atoms with Gasteiger partial charge < -0.3 is 19.2 Å². The topological polar surface area (TPSA) is 96.3 Å². The average Bonchev–Trinajstić information content (AvgIpc) is 3.56. The third-order valence-corrected chi connectivity index (χ3v) is 4.97. The number of carbonyl (C=O) groups excluding carboxylic acids is 1. The molecule has 9 heteroatoms. The molecule has 0 spiro atoms. The minimum atomic E-state index is -0.264. The molecule has 1 N–H and O–H groups in total. The van der Waals surface area contributed by atoms with Crippen LogP contribution in [0.5, 0.6) is 11.5 Å². The first-order valence-electron chi connectivity index (χ1n) is 9.68. The minimum Gasteiger partial charge on any atom is -0.497 e. The van der Waals surface area contributed by atoms with E-state index in [1.54, 1.807) is 55.2 Å². The summed E-state index contributed by atoms with van der Waals surface area (Å²) in [5.41, 5.74) is 1.76. The lowest BCUT2D eigenvalue weighted by molar-refractivity contribution is 0.0938. The summed E-state index contributed by atoms with van der Waals surface area (Å²) in [7, 11) is 4.91. The summed E-state index contributed by atoms with van der Waals surface area (Å²) in [6.45, 7) is 0.303. The van der Waals surface area contributed by atoms with Gasteiger partial charge in [-0.15, -0.1) is 0 Å². The molecule has 0 radical (unpaired) electrons. The van der Waals surface area contributed by atoms with Crippen molar-refractivity contribution in [2.75, 3.05) is 20.8 Å². The summed E-state index contributed by atoms with van der Waals surface area (Å²) >= 11 is 0. The van der Waals surface area contributed by atoms with Crippen molar-refractivity contribution < 1.29 is 18.7 Å². The summed E-state index contributed by atoms with van der Waals surface area (Å²) in [6.07, 6.45) is 5.12. The van der Waals surface area contributed by atoms with Crippen molar-refractivity contribution >= 4 is 5.91 Å². The second-order valence-corrected chi connectivity index (χ2v) is 6.83. The van der Waals surface area contributed by atoms with Gasteiger partial charge in [-0.1, -0.05) is 0 Å². The van der Waals surface area contributed by atoms with Crippen LogP contribution in [0.3, 0.4) is 0 Å². The van der Waals surface area contributed by atoms with E-state index in [-0.39, 0.29) is 11.9 Å². The van der Waals surface area contributed by atoms with Crippen molar-refractivity contribution in [2.24, 2.45) is 7.05 Å². The minimum absolute atomic E-state index is 0.258. The molecule has 9 nitrogen and oxygen atoms in total. The first-order chi connectivity index (χ1) is 15.1. The van der Waals surface area contributed by atoms with E-state index in [9.17, 15) is 4.79 Å². The third-order valence-electron chi connectivity index (χ3n) is 4.97. The van der Waals surface area contributed by atoms with E-state index in [4.69, 9.17) is 13.9 Å². The number of furan rings is 1. The van der Waals surface area contributed by atoms with Gasteiger partial charge in [0.15, 0.2) is 0 Å². The fourth-order valence-electron chi connectivity index (χ4n) is 3.38. The molecule has 3 heterocycles. The highest BCUT2D eigenvalue weighted by Crippen LogP contribution is 2.33. The molecule has 4 rings (SSSR count). The number of rotatable bonds is 8. The second kappa shape index (κ2) is 8.78. The molecular weight excluding hydrogens is 398 g/mol. The highest BCUT2D eigenvalue weighted by atomic mass is 16.5. The number of nitrogens with one attached hydrogen (secondary N) is 1. The van der Waals surface area contributed by atoms with Crippen molar-refractivity contribution in [3.63, 3.8) is 0 Å². The molecular formula is C22H23N5O4. The lowest BCUT2D eigenvalue weighted by atomic mass is 10.1. The van der Waals surface area contributed by atoms with Gasteiger partial charge in [0.1, 0.15) is 29.0 Å². The molecule has 0 unspecified atom stereocenters. The molecule has 160 valence electrons. The maximum atomic E-state index is 12.9. The number of methoxy groups -OCH3 is 2. The van der Waals surface area contributed by atoms with E-state index in [1.807, 2.05) is 36.5 Å². The van der Waals surface area contributed by atoms with Gasteiger partial charge in [0.25, 0.3) is 5.91 Å². The number of hydrogen-bond acceptors (Lipinski definition) is 6. The number of hydrogen-bond donors (Lipinski definition) is 1. The Morgan fingerprint density at radius 1 is 1.19 bits per heavy atom. The quantitative estimate of drug-likeness (QED) is 0.470. The SMILES string of the molecule is COc1ccc(OC)c(-c2cc(C(=O)NC[C@@H](c3ccco3)n3cccn3)n(C)n2)c1. The zero-order valence-electron chi connectivity index (χ0n) is 17.5. The van der Waals surface area contributed by atoms with Crippen LogP contribution in [0.2, 0.25) is 0 Å². The maximum Gasteiger partial charge on any atom is 0.269 e. The number of nitrogens with zero attached hydrogens (tertiary/aromatic N) is 4. The Labute approximate surface area is 179 Å². The lowest BCUT2D eigenvalue weighted by Gasteiger charge is -2.16. The third kappa shape index (κ3) is 4.16. The molecule has 0 aliphatic rings. The van der Waals surface area contributed by atoms with Gasteiger partial charge in [0.2, 0.25) is 0 Å². The van der Waals surface area contributed by atoms with Crippen LogP contribution in [-0.4, -0.2) is 46.2 Å². The van der Waals surface area contributed by atoms with Crippen LogP contribution in [0.15, 0.2) is 65.5 Å². The van der Waals surface area contributed by atoms with E-state index < -0.39 is 0 Å². The Hall–Kier alpha value is -4.01. The number of carbonyl (C=O) groups is 1. The van der Waals surface area contributed by atoms with Gasteiger partial charge in [-0.05, 0) is 42.5 Å². The summed E-state index contributed by atoms with van der Waals surface area (Å²) in [5, 5.41) is 11.7. The molecule has 0 aliphatic carbocycles. The van der Waals surface area contributed by atoms with E-state index in [0.717, 1.165) is 5.56 Å². The van der Waals surface area contributed by atoms with E-state index in [2.05, 4.69) is 15.5 Å². The van der Waals surface area contributed by atoms with Gasteiger partial charge >= 0.3 is 0 Å². The molecule has 0 bridgehead atoms. The maximum absolute atomic E-state index is 12.9. The average molecular weight is 421 g/mol. The molecule has 1 atom stereocenters. The fourth-order valence-corrected chi connectivity index (χ4v) is 3.38. The molecule has 0 saturated carbocycles. The van der Waals surface area contributed by atoms with Crippen LogP contribution in [0.4, 0.5) is 0 Å². The van der Waals surface area contributed by atoms with Crippen LogP contribution >= 0.6 is 0 Å². The Morgan fingerprint density at radius 2 is 2.06 bits per heavy atom. The van der Waals surface area contributed by atoms with Gasteiger partial charge in [-0.2, -0.15) is 10.2 Å². The highest BCUT2D eigenvalue weighted by molar-refractivity contribution is 5.94. The fraction of sp³-hybridized carbons (Fsp3) is 0.227. The molecule has 0 saturated heterocycles. The Balaban J connectivity index is 1.56. The van der Waals surface area contributed by atoms with Crippen LogP contribution in [-0.2, 0) is 7.05 Å². The van der Waals surface area contributed by atoms with Gasteiger partial charge in [0, 0.05) is 31.5 Å². The Morgan fingerprint density at radius 3 is 2.74 bits per heavy atom. The molecule has 0 aliphatic heterocycles. The normalized spacial score (nSPS) is 11.8. The molecule has 4 aromatic rings. The van der Waals surface area contributed by atoms with Crippen molar-refractivity contribution in [3.8, 4) is 22.8 Å². The molecule has 1 amide bonds. The summed E-state index contributed by atoms with van der Waals surface area (Å²) in [4.78, 5) is 12.9. The number of aryl methyl sites for hydroxylation is 1. The van der Waals surface area contributed by atoms with E-state index in [1.165, 1.54) is 0 Å². The zero-order chi connectivity index (χ0) is 21.8. The molecule has 31 heavy (non-hydrogen) atoms. The number of amides is 1. The monoisotopic (exact) mass is 421 g/mol. The number of benzene rings is 1. The summed E-state index contributed by atoms with van der Waals surface area (Å²) in [6, 6.07) is 12.4. The van der Waals surface area contributed by atoms with Gasteiger partial charge in [0.05, 0.1) is 26.2 Å². The lowest BCUT2D eigenvalue weighted by Crippen LogP contribution is -2.32. The second-order valence-electron chi connectivity index (χ2n) is 6.83. The van der Waals surface area contributed by atoms with Crippen molar-refractivity contribution in [1.29, 1.82) is 0 Å². The van der Waals surface area contributed by atoms with Crippen molar-refractivity contribution in [1.82, 2.24) is 24.9 Å². The zero-order valence-corrected chi connectivity index (χ0v) is 17.5. The van der Waals surface area contributed by atoms with Crippen LogP contribution in [0.25, 0.3) is 11.3 Å². The first kappa shape index (κ1) is 20.3. The molecule has 3 aromatic heterocycles. The summed E-state index contributed by atoms with van der Waals surface area (Å²) < 4.78 is 19.6. The van der Waals surface area contributed by atoms with Crippen LogP contribution in [0.1, 0.15) is 22.3 Å². The molecule has 1 aromatic carbocycles. The van der Waals surface area contributed by atoms with Crippen LogP contribution in [0, 0.1) is 0 Å². The van der Waals surface area contributed by atoms with E-state index in [0.29, 0.717) is 35.2 Å². The van der Waals surface area contributed by atoms with Crippen molar-refractivity contribution in [2.45, 2.75) is 6.04 Å². The van der Waals surface area contributed by atoms with Gasteiger partial charge in [-0.25, -0.2) is 0 Å². The summed E-state index contributed by atoms with van der Waals surface area (Å²) in [5.74, 6) is 1.76. The van der Waals surface area contributed by atoms with Crippen LogP contribution < -0.4 is 14.8 Å². The van der Waals surface area contributed by atoms with E-state index >= 15 is 0 Å². The Bertz CT molecular complexity index is 1110. The highest BCUT2D eigenvalue weighted by Gasteiger charge is 2.21. The van der Waals surface area contributed by atoms with Gasteiger partial charge in [-0.3, -0.25) is 14.2 Å². The predicted octanol–water partition coefficient (Wildman–Crippen LogP) is 2.91. The first-order valence-corrected chi connectivity index (χ1v) is 9.68. The predicted molar refractivity (Wildman–Crippen MR) is 113 cm³/mol. The largest absolute Gasteiger partial charge is 0.497 e. The number of aromatic nitrogens is 4.